The first-order valence-electron chi connectivity index (χ1n) is 4.42. The van der Waals surface area contributed by atoms with Gasteiger partial charge in [0.2, 0.25) is 5.91 Å². The van der Waals surface area contributed by atoms with Gasteiger partial charge in [-0.15, -0.1) is 0 Å². The van der Waals surface area contributed by atoms with Gasteiger partial charge in [0.15, 0.2) is 5.11 Å². The summed E-state index contributed by atoms with van der Waals surface area (Å²) >= 11 is 4.56. The lowest BCUT2D eigenvalue weighted by Gasteiger charge is -2.03. The van der Waals surface area contributed by atoms with Gasteiger partial charge >= 0.3 is 0 Å². The minimum Gasteiger partial charge on any atom is -0.376 e. The highest BCUT2D eigenvalue weighted by molar-refractivity contribution is 7.80. The summed E-state index contributed by atoms with van der Waals surface area (Å²) in [7, 11) is 0. The number of carbonyl (C=O) groups is 1. The predicted octanol–water partition coefficient (Wildman–Crippen LogP) is 1.23. The molecule has 0 atom stereocenters. The van der Waals surface area contributed by atoms with Crippen LogP contribution < -0.4 is 11.1 Å². The molecular formula is C11H12N2OS. The molecule has 3 N–H and O–H groups in total. The second-order valence-corrected chi connectivity index (χ2v) is 3.47. The number of amides is 1. The molecule has 1 rings (SSSR count). The third-order valence-electron chi connectivity index (χ3n) is 1.84. The van der Waals surface area contributed by atoms with E-state index < -0.39 is 0 Å². The van der Waals surface area contributed by atoms with Crippen LogP contribution in [0.25, 0.3) is 6.08 Å². The molecule has 78 valence electrons. The van der Waals surface area contributed by atoms with Crippen LogP contribution in [0, 0.1) is 0 Å². The zero-order chi connectivity index (χ0) is 11.3. The Labute approximate surface area is 94.0 Å². The second kappa shape index (κ2) is 5.26. The summed E-state index contributed by atoms with van der Waals surface area (Å²) in [5.74, 6) is -0.200. The van der Waals surface area contributed by atoms with Crippen LogP contribution in [-0.4, -0.2) is 11.0 Å². The van der Waals surface area contributed by atoms with Gasteiger partial charge in [-0.2, -0.15) is 0 Å². The molecule has 0 unspecified atom stereocenters. The van der Waals surface area contributed by atoms with E-state index in [1.807, 2.05) is 24.3 Å². The van der Waals surface area contributed by atoms with Crippen molar-refractivity contribution in [1.29, 1.82) is 0 Å². The van der Waals surface area contributed by atoms with Crippen molar-refractivity contribution in [2.75, 3.05) is 0 Å². The average molecular weight is 220 g/mol. The minimum absolute atomic E-state index is 0.00251. The van der Waals surface area contributed by atoms with Gasteiger partial charge in [-0.05, 0) is 23.3 Å². The maximum atomic E-state index is 11.3. The van der Waals surface area contributed by atoms with E-state index in [1.165, 1.54) is 0 Å². The van der Waals surface area contributed by atoms with Crippen molar-refractivity contribution < 1.29 is 4.79 Å². The van der Waals surface area contributed by atoms with Gasteiger partial charge in [-0.25, -0.2) is 0 Å². The molecule has 0 aliphatic carbocycles. The fraction of sp³-hybridized carbons (Fsp3) is 0.0909. The molecule has 0 aromatic heterocycles. The highest BCUT2D eigenvalue weighted by Crippen LogP contribution is 2.05. The Balaban J connectivity index is 2.61. The number of thiocarbonyl (C=S) groups is 1. The van der Waals surface area contributed by atoms with E-state index in [2.05, 4.69) is 24.1 Å². The second-order valence-electron chi connectivity index (χ2n) is 3.03. The number of rotatable bonds is 3. The first-order chi connectivity index (χ1) is 7.11. The first kappa shape index (κ1) is 11.4. The summed E-state index contributed by atoms with van der Waals surface area (Å²) in [5, 5.41) is 2.37. The standard InChI is InChI=1S/C11H12N2OS/c1-2-8-3-5-9(6-4-8)7-10(14)13-11(12)15/h2-6H,1,7H2,(H3,12,13,14,15). The SMILES string of the molecule is C=Cc1ccc(CC(=O)NC(N)=S)cc1. The molecule has 4 heteroatoms. The largest absolute Gasteiger partial charge is 0.376 e. The number of nitrogens with one attached hydrogen (secondary N) is 1. The highest BCUT2D eigenvalue weighted by atomic mass is 32.1. The summed E-state index contributed by atoms with van der Waals surface area (Å²) < 4.78 is 0. The zero-order valence-electron chi connectivity index (χ0n) is 8.19. The van der Waals surface area contributed by atoms with E-state index in [0.29, 0.717) is 0 Å². The van der Waals surface area contributed by atoms with Crippen LogP contribution in [0.1, 0.15) is 11.1 Å². The van der Waals surface area contributed by atoms with Gasteiger partial charge < -0.3 is 11.1 Å². The van der Waals surface area contributed by atoms with Crippen molar-refractivity contribution in [3.05, 3.63) is 42.0 Å². The molecule has 1 amide bonds. The summed E-state index contributed by atoms with van der Waals surface area (Å²) in [6.07, 6.45) is 2.02. The highest BCUT2D eigenvalue weighted by Gasteiger charge is 2.03. The minimum atomic E-state index is -0.200. The molecule has 15 heavy (non-hydrogen) atoms. The Morgan fingerprint density at radius 1 is 1.47 bits per heavy atom. The van der Waals surface area contributed by atoms with Crippen molar-refractivity contribution >= 4 is 29.3 Å². The molecule has 1 aromatic carbocycles. The first-order valence-corrected chi connectivity index (χ1v) is 4.83. The Hall–Kier alpha value is -1.68. The van der Waals surface area contributed by atoms with Crippen LogP contribution >= 0.6 is 12.2 Å². The van der Waals surface area contributed by atoms with E-state index in [0.717, 1.165) is 11.1 Å². The van der Waals surface area contributed by atoms with Crippen molar-refractivity contribution in [3.63, 3.8) is 0 Å². The summed E-state index contributed by atoms with van der Waals surface area (Å²) in [5.41, 5.74) is 7.11. The molecule has 0 aliphatic rings. The number of hydrogen-bond donors (Lipinski definition) is 2. The molecule has 0 fully saturated rings. The van der Waals surface area contributed by atoms with Crippen LogP contribution in [-0.2, 0) is 11.2 Å². The number of carbonyl (C=O) groups excluding carboxylic acids is 1. The van der Waals surface area contributed by atoms with Gasteiger partial charge in [0, 0.05) is 0 Å². The van der Waals surface area contributed by atoms with Gasteiger partial charge in [-0.3, -0.25) is 4.79 Å². The van der Waals surface area contributed by atoms with Crippen molar-refractivity contribution in [2.24, 2.45) is 5.73 Å². The van der Waals surface area contributed by atoms with Gasteiger partial charge in [0.1, 0.15) is 0 Å². The molecule has 0 bridgehead atoms. The fourth-order valence-electron chi connectivity index (χ4n) is 1.14. The third kappa shape index (κ3) is 3.91. The molecule has 0 radical (unpaired) electrons. The normalized spacial score (nSPS) is 9.33. The zero-order valence-corrected chi connectivity index (χ0v) is 9.01. The van der Waals surface area contributed by atoms with Crippen molar-refractivity contribution in [1.82, 2.24) is 5.32 Å². The van der Waals surface area contributed by atoms with Crippen LogP contribution in [0.5, 0.6) is 0 Å². The Bertz CT molecular complexity index is 384. The molecule has 3 nitrogen and oxygen atoms in total. The summed E-state index contributed by atoms with van der Waals surface area (Å²) in [6, 6.07) is 7.54. The summed E-state index contributed by atoms with van der Waals surface area (Å²) in [6.45, 7) is 3.65. The van der Waals surface area contributed by atoms with Gasteiger partial charge in [0.25, 0.3) is 0 Å². The predicted molar refractivity (Wildman–Crippen MR) is 65.2 cm³/mol. The topological polar surface area (TPSA) is 55.1 Å². The molecule has 1 aromatic rings. The molecule has 0 spiro atoms. The Morgan fingerprint density at radius 2 is 2.07 bits per heavy atom. The summed E-state index contributed by atoms with van der Waals surface area (Å²) in [4.78, 5) is 11.3. The quantitative estimate of drug-likeness (QED) is 0.753. The Kier molecular flexibility index (Phi) is 4.00. The third-order valence-corrected chi connectivity index (χ3v) is 1.94. The molecule has 0 saturated heterocycles. The van der Waals surface area contributed by atoms with E-state index in [-0.39, 0.29) is 17.4 Å². The van der Waals surface area contributed by atoms with Crippen LogP contribution in [0.2, 0.25) is 0 Å². The number of hydrogen-bond acceptors (Lipinski definition) is 2. The molecular weight excluding hydrogens is 208 g/mol. The lowest BCUT2D eigenvalue weighted by molar-refractivity contribution is -0.119. The number of nitrogens with two attached hydrogens (primary N) is 1. The van der Waals surface area contributed by atoms with Gasteiger partial charge in [0.05, 0.1) is 6.42 Å². The smallest absolute Gasteiger partial charge is 0.230 e. The number of benzene rings is 1. The van der Waals surface area contributed by atoms with Crippen LogP contribution in [0.4, 0.5) is 0 Å². The molecule has 0 aliphatic heterocycles. The van der Waals surface area contributed by atoms with Crippen molar-refractivity contribution in [3.8, 4) is 0 Å². The maximum absolute atomic E-state index is 11.3. The van der Waals surface area contributed by atoms with E-state index in [4.69, 9.17) is 5.73 Å². The fourth-order valence-corrected chi connectivity index (χ4v) is 1.25. The Morgan fingerprint density at radius 3 is 2.53 bits per heavy atom. The van der Waals surface area contributed by atoms with Crippen LogP contribution in [0.3, 0.4) is 0 Å². The monoisotopic (exact) mass is 220 g/mol. The average Bonchev–Trinajstić information content (AvgIpc) is 2.17. The maximum Gasteiger partial charge on any atom is 0.230 e. The van der Waals surface area contributed by atoms with Gasteiger partial charge in [-0.1, -0.05) is 36.9 Å². The lowest BCUT2D eigenvalue weighted by Crippen LogP contribution is -2.35. The van der Waals surface area contributed by atoms with E-state index in [9.17, 15) is 4.79 Å². The van der Waals surface area contributed by atoms with E-state index in [1.54, 1.807) is 6.08 Å². The van der Waals surface area contributed by atoms with Crippen molar-refractivity contribution in [2.45, 2.75) is 6.42 Å². The van der Waals surface area contributed by atoms with Crippen LogP contribution in [0.15, 0.2) is 30.8 Å². The molecule has 0 heterocycles. The van der Waals surface area contributed by atoms with E-state index >= 15 is 0 Å². The lowest BCUT2D eigenvalue weighted by atomic mass is 10.1. The molecule has 0 saturated carbocycles.